The molecule has 152 valence electrons. The Morgan fingerprint density at radius 2 is 1.89 bits per heavy atom. The first-order chi connectivity index (χ1) is 12.9. The highest BCUT2D eigenvalue weighted by Gasteiger charge is 2.35. The Kier molecular flexibility index (Phi) is 6.96. The molecule has 0 unspecified atom stereocenters. The van der Waals surface area contributed by atoms with Gasteiger partial charge in [-0.1, -0.05) is 51.1 Å². The number of quaternary nitrogens is 1. The maximum atomic E-state index is 10.8. The van der Waals surface area contributed by atoms with Crippen molar-refractivity contribution in [3.05, 3.63) is 35.9 Å². The molecule has 4 nitrogen and oxygen atoms in total. The van der Waals surface area contributed by atoms with E-state index in [2.05, 4.69) is 51.1 Å². The normalized spacial score (nSPS) is 28.6. The first-order valence-electron chi connectivity index (χ1n) is 10.6. The number of rotatable bonds is 7. The van der Waals surface area contributed by atoms with Gasteiger partial charge >= 0.3 is 0 Å². The van der Waals surface area contributed by atoms with Crippen LogP contribution in [0.2, 0.25) is 0 Å². The number of benzene rings is 1. The quantitative estimate of drug-likeness (QED) is 0.739. The molecule has 2 aliphatic rings. The van der Waals surface area contributed by atoms with Crippen LogP contribution >= 0.6 is 0 Å². The lowest BCUT2D eigenvalue weighted by Crippen LogP contribution is -2.58. The van der Waals surface area contributed by atoms with Crippen LogP contribution in [0.3, 0.4) is 0 Å². The van der Waals surface area contributed by atoms with E-state index in [9.17, 15) is 5.11 Å². The van der Waals surface area contributed by atoms with Crippen molar-refractivity contribution in [3.63, 3.8) is 0 Å². The van der Waals surface area contributed by atoms with Gasteiger partial charge in [-0.15, -0.1) is 0 Å². The van der Waals surface area contributed by atoms with Crippen LogP contribution in [0.1, 0.15) is 45.6 Å². The maximum absolute atomic E-state index is 10.8. The van der Waals surface area contributed by atoms with Crippen LogP contribution in [-0.2, 0) is 16.0 Å². The summed E-state index contributed by atoms with van der Waals surface area (Å²) < 4.78 is 12.7. The van der Waals surface area contributed by atoms with Gasteiger partial charge in [0.15, 0.2) is 0 Å². The number of aliphatic hydroxyl groups is 1. The fraction of sp³-hybridized carbons (Fsp3) is 0.739. The highest BCUT2D eigenvalue weighted by molar-refractivity contribution is 5.13. The number of hydrogen-bond donors (Lipinski definition) is 1. The third kappa shape index (κ3) is 6.28. The molecule has 1 saturated heterocycles. The van der Waals surface area contributed by atoms with Crippen molar-refractivity contribution in [1.29, 1.82) is 0 Å². The van der Waals surface area contributed by atoms with Crippen molar-refractivity contribution in [2.24, 2.45) is 11.3 Å². The van der Waals surface area contributed by atoms with Crippen molar-refractivity contribution < 1.29 is 19.1 Å². The van der Waals surface area contributed by atoms with Crippen LogP contribution in [0.25, 0.3) is 0 Å². The Morgan fingerprint density at radius 1 is 1.19 bits per heavy atom. The summed E-state index contributed by atoms with van der Waals surface area (Å²) in [5.74, 6) is 0.701. The predicted octanol–water partition coefficient (Wildman–Crippen LogP) is 3.63. The summed E-state index contributed by atoms with van der Waals surface area (Å²) in [6.45, 7) is 12.6. The number of aliphatic hydroxyl groups excluding tert-OH is 1. The minimum Gasteiger partial charge on any atom is -0.385 e. The van der Waals surface area contributed by atoms with Gasteiger partial charge in [-0.2, -0.15) is 0 Å². The van der Waals surface area contributed by atoms with Gasteiger partial charge in [0.1, 0.15) is 32.3 Å². The Morgan fingerprint density at radius 3 is 2.56 bits per heavy atom. The van der Waals surface area contributed by atoms with Crippen LogP contribution in [0, 0.1) is 11.3 Å². The molecule has 0 spiro atoms. The van der Waals surface area contributed by atoms with Crippen LogP contribution in [0.4, 0.5) is 0 Å². The molecule has 0 radical (unpaired) electrons. The second kappa shape index (κ2) is 9.04. The zero-order chi connectivity index (χ0) is 19.3. The lowest BCUT2D eigenvalue weighted by atomic mass is 9.71. The summed E-state index contributed by atoms with van der Waals surface area (Å²) in [7, 11) is 0. The number of nitrogens with zero attached hydrogens (tertiary/aromatic N) is 1. The van der Waals surface area contributed by atoms with E-state index in [0.29, 0.717) is 17.9 Å². The van der Waals surface area contributed by atoms with Gasteiger partial charge in [-0.3, -0.25) is 0 Å². The minimum atomic E-state index is -0.424. The summed E-state index contributed by atoms with van der Waals surface area (Å²) >= 11 is 0. The molecule has 0 aromatic heterocycles. The molecule has 1 N–H and O–H groups in total. The monoisotopic (exact) mass is 376 g/mol. The van der Waals surface area contributed by atoms with Gasteiger partial charge in [-0.25, -0.2) is 0 Å². The van der Waals surface area contributed by atoms with E-state index in [0.717, 1.165) is 56.7 Å². The standard InChI is InChI=1S/C23H38NO3/c1-19-13-22(15-23(2,3)14-19)27-18-21(25)17-24(9-11-26-12-10-24)16-20-7-5-4-6-8-20/h4-8,19,21-22,25H,9-18H2,1-3H3/q+1/t19-,21+,22-/m1/s1. The largest absolute Gasteiger partial charge is 0.385 e. The fourth-order valence-corrected chi connectivity index (χ4v) is 5.24. The molecule has 3 atom stereocenters. The van der Waals surface area contributed by atoms with E-state index in [-0.39, 0.29) is 6.10 Å². The zero-order valence-electron chi connectivity index (χ0n) is 17.4. The van der Waals surface area contributed by atoms with Crippen molar-refractivity contribution >= 4 is 0 Å². The third-order valence-electron chi connectivity index (χ3n) is 6.25. The smallest absolute Gasteiger partial charge is 0.126 e. The van der Waals surface area contributed by atoms with E-state index in [1.807, 2.05) is 0 Å². The average molecular weight is 377 g/mol. The van der Waals surface area contributed by atoms with Crippen LogP contribution in [0.5, 0.6) is 0 Å². The van der Waals surface area contributed by atoms with Crippen LogP contribution in [0.15, 0.2) is 30.3 Å². The lowest BCUT2D eigenvalue weighted by Gasteiger charge is -2.43. The highest BCUT2D eigenvalue weighted by atomic mass is 16.5. The Bertz CT molecular complexity index is 568. The molecule has 1 aliphatic heterocycles. The summed E-state index contributed by atoms with van der Waals surface area (Å²) in [4.78, 5) is 0. The van der Waals surface area contributed by atoms with Crippen molar-refractivity contribution in [2.75, 3.05) is 39.5 Å². The summed E-state index contributed by atoms with van der Waals surface area (Å²) in [6, 6.07) is 10.6. The number of ether oxygens (including phenoxy) is 2. The molecule has 2 fully saturated rings. The Labute approximate surface area is 165 Å². The predicted molar refractivity (Wildman–Crippen MR) is 108 cm³/mol. The van der Waals surface area contributed by atoms with E-state index in [1.165, 1.54) is 12.0 Å². The molecule has 1 aromatic carbocycles. The molecular weight excluding hydrogens is 338 g/mol. The SMILES string of the molecule is C[C@@H]1C[C@@H](OC[C@@H](O)C[N+]2(Cc3ccccc3)CCOCC2)CC(C)(C)C1. The molecule has 0 bridgehead atoms. The molecule has 4 heteroatoms. The van der Waals surface area contributed by atoms with Crippen molar-refractivity contribution in [2.45, 2.75) is 58.8 Å². The second-order valence-corrected chi connectivity index (χ2v) is 9.75. The summed E-state index contributed by atoms with van der Waals surface area (Å²) in [5, 5.41) is 10.8. The van der Waals surface area contributed by atoms with Gasteiger partial charge in [0.25, 0.3) is 0 Å². The molecule has 27 heavy (non-hydrogen) atoms. The topological polar surface area (TPSA) is 38.7 Å². The van der Waals surface area contributed by atoms with Gasteiger partial charge in [0.2, 0.25) is 0 Å². The molecule has 1 aliphatic carbocycles. The summed E-state index contributed by atoms with van der Waals surface area (Å²) in [5.41, 5.74) is 1.67. The van der Waals surface area contributed by atoms with E-state index in [4.69, 9.17) is 9.47 Å². The molecular formula is C23H38NO3+. The second-order valence-electron chi connectivity index (χ2n) is 9.75. The van der Waals surface area contributed by atoms with Gasteiger partial charge in [0, 0.05) is 5.56 Å². The summed E-state index contributed by atoms with van der Waals surface area (Å²) in [6.07, 6.45) is 3.35. The average Bonchev–Trinajstić information content (AvgIpc) is 2.60. The van der Waals surface area contributed by atoms with E-state index < -0.39 is 6.10 Å². The molecule has 0 amide bonds. The van der Waals surface area contributed by atoms with Gasteiger partial charge in [-0.05, 0) is 30.6 Å². The first-order valence-corrected chi connectivity index (χ1v) is 10.6. The van der Waals surface area contributed by atoms with Crippen molar-refractivity contribution in [1.82, 2.24) is 0 Å². The van der Waals surface area contributed by atoms with E-state index >= 15 is 0 Å². The van der Waals surface area contributed by atoms with Crippen LogP contribution < -0.4 is 0 Å². The molecule has 3 rings (SSSR count). The Hall–Kier alpha value is -0.940. The molecule has 1 aromatic rings. The minimum absolute atomic E-state index is 0.283. The highest BCUT2D eigenvalue weighted by Crippen LogP contribution is 2.39. The molecule has 1 saturated carbocycles. The molecule has 1 heterocycles. The first kappa shape index (κ1) is 20.8. The third-order valence-corrected chi connectivity index (χ3v) is 6.25. The lowest BCUT2D eigenvalue weighted by molar-refractivity contribution is -0.950. The van der Waals surface area contributed by atoms with Crippen molar-refractivity contribution in [3.8, 4) is 0 Å². The zero-order valence-corrected chi connectivity index (χ0v) is 17.4. The maximum Gasteiger partial charge on any atom is 0.126 e. The fourth-order valence-electron chi connectivity index (χ4n) is 5.24. The Balaban J connectivity index is 1.55. The number of hydrogen-bond acceptors (Lipinski definition) is 3. The van der Waals surface area contributed by atoms with E-state index in [1.54, 1.807) is 0 Å². The van der Waals surface area contributed by atoms with Crippen LogP contribution in [-0.4, -0.2) is 61.3 Å². The van der Waals surface area contributed by atoms with Gasteiger partial charge < -0.3 is 19.1 Å². The number of morpholine rings is 1. The van der Waals surface area contributed by atoms with Gasteiger partial charge in [0.05, 0.1) is 25.9 Å².